The molecule has 8 nitrogen and oxygen atoms in total. The number of amides is 2. The molecular formula is C17H17N3O5. The van der Waals surface area contributed by atoms with Gasteiger partial charge in [-0.3, -0.25) is 9.59 Å². The number of hydrazone groups is 1. The Morgan fingerprint density at radius 1 is 1.20 bits per heavy atom. The molecule has 2 amide bonds. The van der Waals surface area contributed by atoms with Crippen molar-refractivity contribution in [1.82, 2.24) is 10.7 Å². The largest absolute Gasteiger partial charge is 0.485 e. The van der Waals surface area contributed by atoms with E-state index in [1.807, 2.05) is 6.07 Å². The molecule has 2 heterocycles. The van der Waals surface area contributed by atoms with Crippen molar-refractivity contribution in [2.24, 2.45) is 5.10 Å². The van der Waals surface area contributed by atoms with E-state index in [2.05, 4.69) is 15.8 Å². The van der Waals surface area contributed by atoms with Crippen LogP contribution < -0.4 is 20.2 Å². The van der Waals surface area contributed by atoms with Crippen molar-refractivity contribution in [2.75, 3.05) is 13.2 Å². The molecular weight excluding hydrogens is 326 g/mol. The molecule has 0 bridgehead atoms. The van der Waals surface area contributed by atoms with Gasteiger partial charge in [-0.15, -0.1) is 0 Å². The first kappa shape index (κ1) is 16.6. The zero-order chi connectivity index (χ0) is 17.6. The van der Waals surface area contributed by atoms with Crippen LogP contribution in [0, 0.1) is 0 Å². The predicted octanol–water partition coefficient (Wildman–Crippen LogP) is 1.08. The number of fused-ring (bicyclic) bond motifs is 1. The van der Waals surface area contributed by atoms with Crippen molar-refractivity contribution >= 4 is 17.5 Å². The molecule has 0 fully saturated rings. The Morgan fingerprint density at radius 2 is 2.00 bits per heavy atom. The third kappa shape index (κ3) is 4.17. The normalized spacial score (nSPS) is 16.2. The van der Waals surface area contributed by atoms with E-state index in [0.29, 0.717) is 23.0 Å². The van der Waals surface area contributed by atoms with E-state index in [4.69, 9.17) is 13.9 Å². The molecule has 1 aromatic carbocycles. The molecule has 8 heteroatoms. The number of hydrogen-bond donors (Lipinski definition) is 2. The Hall–Kier alpha value is -3.29. The minimum Gasteiger partial charge on any atom is -0.485 e. The van der Waals surface area contributed by atoms with Gasteiger partial charge in [-0.25, -0.2) is 5.43 Å². The van der Waals surface area contributed by atoms with Crippen LogP contribution in [0.15, 0.2) is 52.2 Å². The summed E-state index contributed by atoms with van der Waals surface area (Å²) in [6.45, 7) is 1.55. The Morgan fingerprint density at radius 3 is 2.76 bits per heavy atom. The van der Waals surface area contributed by atoms with Crippen molar-refractivity contribution < 1.29 is 23.5 Å². The van der Waals surface area contributed by atoms with Gasteiger partial charge in [0.25, 0.3) is 11.8 Å². The van der Waals surface area contributed by atoms with Gasteiger partial charge in [0.15, 0.2) is 11.5 Å². The number of benzene rings is 1. The molecule has 1 aliphatic heterocycles. The fraction of sp³-hybridized carbons (Fsp3) is 0.235. The highest BCUT2D eigenvalue weighted by atomic mass is 16.6. The van der Waals surface area contributed by atoms with Crippen LogP contribution in [0.4, 0.5) is 0 Å². The summed E-state index contributed by atoms with van der Waals surface area (Å²) in [5.41, 5.74) is 2.87. The lowest BCUT2D eigenvalue weighted by Crippen LogP contribution is -2.46. The topological polar surface area (TPSA) is 102 Å². The Kier molecular flexibility index (Phi) is 4.98. The average Bonchev–Trinajstić information content (AvgIpc) is 3.18. The molecule has 1 aliphatic rings. The molecule has 0 radical (unpaired) electrons. The molecule has 0 spiro atoms. The highest BCUT2D eigenvalue weighted by Crippen LogP contribution is 2.30. The standard InChI is InChI=1S/C17H17N3O5/c1-11(12-7-4-8-23-12)19-20-16(21)9-18-17(22)15-10-24-13-5-2-3-6-14(13)25-15/h2-8,15H,9-10H2,1H3,(H,18,22)(H,20,21)/b19-11+/t15-/m0/s1. The molecule has 0 saturated heterocycles. The summed E-state index contributed by atoms with van der Waals surface area (Å²) in [4.78, 5) is 23.9. The molecule has 1 aromatic heterocycles. The van der Waals surface area contributed by atoms with Gasteiger partial charge in [-0.1, -0.05) is 12.1 Å². The monoisotopic (exact) mass is 343 g/mol. The maximum absolute atomic E-state index is 12.1. The maximum Gasteiger partial charge on any atom is 0.265 e. The quantitative estimate of drug-likeness (QED) is 0.625. The number of ether oxygens (including phenoxy) is 2. The van der Waals surface area contributed by atoms with Crippen LogP contribution in [0.2, 0.25) is 0 Å². The van der Waals surface area contributed by atoms with Crippen molar-refractivity contribution in [2.45, 2.75) is 13.0 Å². The van der Waals surface area contributed by atoms with Crippen LogP contribution in [0.25, 0.3) is 0 Å². The maximum atomic E-state index is 12.1. The minimum absolute atomic E-state index is 0.0836. The highest BCUT2D eigenvalue weighted by molar-refractivity contribution is 5.97. The fourth-order valence-corrected chi connectivity index (χ4v) is 2.16. The van der Waals surface area contributed by atoms with Crippen LogP contribution in [-0.4, -0.2) is 36.8 Å². The number of para-hydroxylation sites is 2. The van der Waals surface area contributed by atoms with Gasteiger partial charge in [0.2, 0.25) is 6.10 Å². The van der Waals surface area contributed by atoms with Crippen LogP contribution in [-0.2, 0) is 9.59 Å². The molecule has 0 unspecified atom stereocenters. The van der Waals surface area contributed by atoms with E-state index in [-0.39, 0.29) is 13.2 Å². The molecule has 1 atom stereocenters. The number of hydrogen-bond acceptors (Lipinski definition) is 6. The second-order valence-corrected chi connectivity index (χ2v) is 5.29. The van der Waals surface area contributed by atoms with Crippen LogP contribution in [0.3, 0.4) is 0 Å². The van der Waals surface area contributed by atoms with Crippen molar-refractivity contribution in [3.63, 3.8) is 0 Å². The summed E-state index contributed by atoms with van der Waals surface area (Å²) in [5, 5.41) is 6.40. The highest BCUT2D eigenvalue weighted by Gasteiger charge is 2.27. The number of nitrogens with one attached hydrogen (secondary N) is 2. The van der Waals surface area contributed by atoms with E-state index in [1.54, 1.807) is 37.3 Å². The van der Waals surface area contributed by atoms with E-state index >= 15 is 0 Å². The molecule has 0 saturated carbocycles. The summed E-state index contributed by atoms with van der Waals surface area (Å²) >= 11 is 0. The van der Waals surface area contributed by atoms with E-state index in [0.717, 1.165) is 0 Å². The smallest absolute Gasteiger partial charge is 0.265 e. The second-order valence-electron chi connectivity index (χ2n) is 5.29. The zero-order valence-electron chi connectivity index (χ0n) is 13.5. The summed E-state index contributed by atoms with van der Waals surface area (Å²) in [5.74, 6) is 0.743. The van der Waals surface area contributed by atoms with E-state index < -0.39 is 17.9 Å². The molecule has 2 aromatic rings. The number of carbonyl (C=O) groups is 2. The first-order valence-corrected chi connectivity index (χ1v) is 7.66. The first-order valence-electron chi connectivity index (χ1n) is 7.66. The van der Waals surface area contributed by atoms with E-state index in [9.17, 15) is 9.59 Å². The third-order valence-corrected chi connectivity index (χ3v) is 3.45. The third-order valence-electron chi connectivity index (χ3n) is 3.45. The van der Waals surface area contributed by atoms with Gasteiger partial charge in [-0.05, 0) is 31.2 Å². The van der Waals surface area contributed by atoms with Crippen LogP contribution in [0.1, 0.15) is 12.7 Å². The molecule has 2 N–H and O–H groups in total. The molecule has 3 rings (SSSR count). The SMILES string of the molecule is C/C(=N\NC(=O)CNC(=O)[C@@H]1COc2ccccc2O1)c1ccco1. The number of rotatable bonds is 5. The minimum atomic E-state index is -0.809. The Bertz CT molecular complexity index is 785. The lowest BCUT2D eigenvalue weighted by molar-refractivity contribution is -0.132. The van der Waals surface area contributed by atoms with Crippen molar-refractivity contribution in [3.8, 4) is 11.5 Å². The Balaban J connectivity index is 1.46. The molecule has 130 valence electrons. The summed E-state index contributed by atoms with van der Waals surface area (Å²) in [7, 11) is 0. The number of furan rings is 1. The number of nitrogens with zero attached hydrogens (tertiary/aromatic N) is 1. The Labute approximate surface area is 143 Å². The van der Waals surface area contributed by atoms with Crippen molar-refractivity contribution in [1.29, 1.82) is 0 Å². The summed E-state index contributed by atoms with van der Waals surface area (Å²) < 4.78 is 16.2. The van der Waals surface area contributed by atoms with Crippen molar-refractivity contribution in [3.05, 3.63) is 48.4 Å². The van der Waals surface area contributed by atoms with Gasteiger partial charge in [0.1, 0.15) is 18.1 Å². The van der Waals surface area contributed by atoms with E-state index in [1.165, 1.54) is 6.26 Å². The summed E-state index contributed by atoms with van der Waals surface area (Å²) in [6, 6.07) is 10.5. The van der Waals surface area contributed by atoms with Gasteiger partial charge >= 0.3 is 0 Å². The van der Waals surface area contributed by atoms with Gasteiger partial charge < -0.3 is 19.2 Å². The average molecular weight is 343 g/mol. The van der Waals surface area contributed by atoms with Gasteiger partial charge in [0.05, 0.1) is 12.8 Å². The van der Waals surface area contributed by atoms with Crippen LogP contribution >= 0.6 is 0 Å². The van der Waals surface area contributed by atoms with Gasteiger partial charge in [-0.2, -0.15) is 5.10 Å². The number of carbonyl (C=O) groups excluding carboxylic acids is 2. The lowest BCUT2D eigenvalue weighted by Gasteiger charge is -2.25. The molecule has 0 aliphatic carbocycles. The summed E-state index contributed by atoms with van der Waals surface area (Å²) in [6.07, 6.45) is 0.705. The van der Waals surface area contributed by atoms with Gasteiger partial charge in [0, 0.05) is 0 Å². The predicted molar refractivity (Wildman–Crippen MR) is 88.4 cm³/mol. The molecule has 25 heavy (non-hydrogen) atoms. The lowest BCUT2D eigenvalue weighted by atomic mass is 10.2. The zero-order valence-corrected chi connectivity index (χ0v) is 13.5. The van der Waals surface area contributed by atoms with Crippen LogP contribution in [0.5, 0.6) is 11.5 Å². The second kappa shape index (κ2) is 7.52. The first-order chi connectivity index (χ1) is 12.1. The fourth-order valence-electron chi connectivity index (χ4n) is 2.16.